The highest BCUT2D eigenvalue weighted by atomic mass is 16.5. The fraction of sp³-hybridized carbons (Fsp3) is 0.929. The van der Waals surface area contributed by atoms with Gasteiger partial charge in [0.15, 0.2) is 0 Å². The SMILES string of the molecule is CC12CCC(O)CC1=CCC1C2CC[C@]2(C)C(CCCC(O)C3CCOCC3)CCC12. The average molecular weight is 431 g/mol. The number of ether oxygens (including phenoxy) is 1. The number of aliphatic hydroxyl groups is 2. The van der Waals surface area contributed by atoms with Crippen molar-refractivity contribution in [2.45, 2.75) is 110 Å². The van der Waals surface area contributed by atoms with E-state index in [0.29, 0.717) is 16.7 Å². The zero-order chi connectivity index (χ0) is 21.6. The van der Waals surface area contributed by atoms with Gasteiger partial charge in [-0.25, -0.2) is 0 Å². The van der Waals surface area contributed by atoms with Crippen LogP contribution in [0.1, 0.15) is 97.3 Å². The second-order valence-electron chi connectivity index (χ2n) is 12.4. The van der Waals surface area contributed by atoms with Gasteiger partial charge < -0.3 is 14.9 Å². The van der Waals surface area contributed by atoms with Crippen LogP contribution in [-0.2, 0) is 4.74 Å². The Morgan fingerprint density at radius 3 is 2.65 bits per heavy atom. The number of fused-ring (bicyclic) bond motifs is 5. The van der Waals surface area contributed by atoms with Crippen LogP contribution in [0.25, 0.3) is 0 Å². The van der Waals surface area contributed by atoms with Crippen molar-refractivity contribution < 1.29 is 14.9 Å². The molecular formula is C28H46O3. The van der Waals surface area contributed by atoms with E-state index < -0.39 is 0 Å². The van der Waals surface area contributed by atoms with Gasteiger partial charge >= 0.3 is 0 Å². The molecule has 7 unspecified atom stereocenters. The summed E-state index contributed by atoms with van der Waals surface area (Å²) in [4.78, 5) is 0. The Morgan fingerprint density at radius 1 is 1.03 bits per heavy atom. The summed E-state index contributed by atoms with van der Waals surface area (Å²) in [7, 11) is 0. The van der Waals surface area contributed by atoms with E-state index in [4.69, 9.17) is 4.74 Å². The van der Waals surface area contributed by atoms with E-state index in [9.17, 15) is 10.2 Å². The minimum absolute atomic E-state index is 0.0999. The Kier molecular flexibility index (Phi) is 6.34. The third-order valence-electron chi connectivity index (χ3n) is 11.1. The van der Waals surface area contributed by atoms with Crippen LogP contribution < -0.4 is 0 Å². The van der Waals surface area contributed by atoms with Gasteiger partial charge in [-0.15, -0.1) is 0 Å². The third-order valence-corrected chi connectivity index (χ3v) is 11.1. The largest absolute Gasteiger partial charge is 0.393 e. The number of hydrogen-bond donors (Lipinski definition) is 2. The quantitative estimate of drug-likeness (QED) is 0.535. The van der Waals surface area contributed by atoms with Crippen LogP contribution >= 0.6 is 0 Å². The maximum absolute atomic E-state index is 10.7. The Balaban J connectivity index is 1.21. The first-order valence-electron chi connectivity index (χ1n) is 13.5. The van der Waals surface area contributed by atoms with Crippen molar-refractivity contribution in [2.75, 3.05) is 13.2 Å². The summed E-state index contributed by atoms with van der Waals surface area (Å²) in [5, 5.41) is 20.9. The second kappa shape index (κ2) is 8.76. The summed E-state index contributed by atoms with van der Waals surface area (Å²) in [6.45, 7) is 6.84. The number of hydrogen-bond acceptors (Lipinski definition) is 3. The molecule has 2 N–H and O–H groups in total. The van der Waals surface area contributed by atoms with Crippen LogP contribution in [0.3, 0.4) is 0 Å². The second-order valence-corrected chi connectivity index (χ2v) is 12.4. The van der Waals surface area contributed by atoms with Crippen molar-refractivity contribution >= 4 is 0 Å². The molecule has 5 aliphatic rings. The first-order chi connectivity index (χ1) is 14.9. The molecule has 31 heavy (non-hydrogen) atoms. The van der Waals surface area contributed by atoms with Crippen molar-refractivity contribution in [3.05, 3.63) is 11.6 Å². The molecule has 0 spiro atoms. The first-order valence-corrected chi connectivity index (χ1v) is 13.5. The van der Waals surface area contributed by atoms with E-state index >= 15 is 0 Å². The summed E-state index contributed by atoms with van der Waals surface area (Å²) in [5.74, 6) is 3.91. The molecule has 176 valence electrons. The smallest absolute Gasteiger partial charge is 0.0577 e. The molecule has 0 amide bonds. The van der Waals surface area contributed by atoms with Crippen molar-refractivity contribution in [3.63, 3.8) is 0 Å². The molecular weight excluding hydrogens is 384 g/mol. The summed E-state index contributed by atoms with van der Waals surface area (Å²) >= 11 is 0. The highest BCUT2D eigenvalue weighted by Crippen LogP contribution is 2.66. The van der Waals surface area contributed by atoms with Crippen molar-refractivity contribution in [1.82, 2.24) is 0 Å². The maximum atomic E-state index is 10.7. The number of allylic oxidation sites excluding steroid dienone is 1. The summed E-state index contributed by atoms with van der Waals surface area (Å²) in [6.07, 6.45) is 17.9. The van der Waals surface area contributed by atoms with E-state index in [2.05, 4.69) is 19.9 Å². The van der Waals surface area contributed by atoms with Crippen molar-refractivity contribution in [1.29, 1.82) is 0 Å². The lowest BCUT2D eigenvalue weighted by Crippen LogP contribution is -2.50. The fourth-order valence-electron chi connectivity index (χ4n) is 9.13. The van der Waals surface area contributed by atoms with E-state index in [-0.39, 0.29) is 12.2 Å². The van der Waals surface area contributed by atoms with Crippen molar-refractivity contribution in [2.24, 2.45) is 40.4 Å². The van der Waals surface area contributed by atoms with Crippen LogP contribution in [-0.4, -0.2) is 35.6 Å². The van der Waals surface area contributed by atoms with Gasteiger partial charge in [0.05, 0.1) is 12.2 Å². The van der Waals surface area contributed by atoms with Crippen LogP contribution in [0.2, 0.25) is 0 Å². The molecule has 3 nitrogen and oxygen atoms in total. The van der Waals surface area contributed by atoms with E-state index in [0.717, 1.165) is 69.0 Å². The van der Waals surface area contributed by atoms with Crippen LogP contribution in [0.5, 0.6) is 0 Å². The number of aliphatic hydroxyl groups excluding tert-OH is 2. The normalized spacial score (nSPS) is 46.6. The molecule has 1 saturated heterocycles. The Morgan fingerprint density at radius 2 is 1.84 bits per heavy atom. The Hall–Kier alpha value is -0.380. The minimum Gasteiger partial charge on any atom is -0.393 e. The van der Waals surface area contributed by atoms with Gasteiger partial charge in [-0.05, 0) is 117 Å². The highest BCUT2D eigenvalue weighted by molar-refractivity contribution is 5.25. The molecule has 0 bridgehead atoms. The van der Waals surface area contributed by atoms with E-state index in [1.54, 1.807) is 5.57 Å². The molecule has 8 atom stereocenters. The van der Waals surface area contributed by atoms with Crippen LogP contribution in [0.15, 0.2) is 11.6 Å². The molecule has 0 aromatic carbocycles. The molecule has 1 aliphatic heterocycles. The van der Waals surface area contributed by atoms with E-state index in [1.165, 1.54) is 51.4 Å². The lowest BCUT2D eigenvalue weighted by Gasteiger charge is -2.58. The van der Waals surface area contributed by atoms with Gasteiger partial charge in [0, 0.05) is 13.2 Å². The standard InChI is InChI=1S/C28H46O3/c1-27-15-11-25-23(8-6-21-18-22(29)10-14-28(21,25)2)24(27)9-7-20(27)4-3-5-26(30)19-12-16-31-17-13-19/h6,19-20,22-26,29-30H,3-5,7-18H2,1-2H3/t20?,22?,23?,24?,25?,26?,27-,28?/m1/s1. The molecule has 0 aromatic heterocycles. The molecule has 1 heterocycles. The van der Waals surface area contributed by atoms with E-state index in [1.807, 2.05) is 0 Å². The molecule has 5 rings (SSSR count). The predicted molar refractivity (Wildman–Crippen MR) is 125 cm³/mol. The number of rotatable bonds is 5. The lowest BCUT2D eigenvalue weighted by atomic mass is 9.47. The summed E-state index contributed by atoms with van der Waals surface area (Å²) < 4.78 is 5.47. The fourth-order valence-corrected chi connectivity index (χ4v) is 9.13. The molecule has 4 aliphatic carbocycles. The predicted octanol–water partition coefficient (Wildman–Crippen LogP) is 5.88. The Labute approximate surface area is 190 Å². The lowest BCUT2D eigenvalue weighted by molar-refractivity contribution is -0.0515. The Bertz CT molecular complexity index is 667. The molecule has 0 radical (unpaired) electrons. The van der Waals surface area contributed by atoms with Crippen LogP contribution in [0.4, 0.5) is 0 Å². The molecule has 3 heteroatoms. The highest BCUT2D eigenvalue weighted by Gasteiger charge is 2.58. The van der Waals surface area contributed by atoms with Crippen LogP contribution in [0, 0.1) is 40.4 Å². The average Bonchev–Trinajstić information content (AvgIpc) is 3.11. The van der Waals surface area contributed by atoms with Gasteiger partial charge in [0.25, 0.3) is 0 Å². The topological polar surface area (TPSA) is 49.7 Å². The third kappa shape index (κ3) is 3.95. The zero-order valence-corrected chi connectivity index (χ0v) is 20.0. The summed E-state index contributed by atoms with van der Waals surface area (Å²) in [6, 6.07) is 0. The molecule has 4 fully saturated rings. The monoisotopic (exact) mass is 430 g/mol. The van der Waals surface area contributed by atoms with Gasteiger partial charge in [0.1, 0.15) is 0 Å². The van der Waals surface area contributed by atoms with Gasteiger partial charge in [-0.2, -0.15) is 0 Å². The zero-order valence-electron chi connectivity index (χ0n) is 20.0. The first kappa shape index (κ1) is 22.4. The molecule has 0 aromatic rings. The minimum atomic E-state index is -0.117. The van der Waals surface area contributed by atoms with Gasteiger partial charge in [-0.1, -0.05) is 31.9 Å². The van der Waals surface area contributed by atoms with Gasteiger partial charge in [-0.3, -0.25) is 0 Å². The van der Waals surface area contributed by atoms with Crippen molar-refractivity contribution in [3.8, 4) is 0 Å². The maximum Gasteiger partial charge on any atom is 0.0577 e. The van der Waals surface area contributed by atoms with Gasteiger partial charge in [0.2, 0.25) is 0 Å². The molecule has 3 saturated carbocycles. The summed E-state index contributed by atoms with van der Waals surface area (Å²) in [5.41, 5.74) is 2.46.